The highest BCUT2D eigenvalue weighted by Crippen LogP contribution is 2.28. The van der Waals surface area contributed by atoms with Crippen molar-refractivity contribution in [2.45, 2.75) is 96.9 Å². The van der Waals surface area contributed by atoms with E-state index in [-0.39, 0.29) is 17.7 Å². The monoisotopic (exact) mass is 454 g/mol. The molecule has 6 heteroatoms. The maximum atomic E-state index is 12.5. The second-order valence-electron chi connectivity index (χ2n) is 9.92. The minimum Gasteiger partial charge on any atom is -0.341 e. The van der Waals surface area contributed by atoms with Gasteiger partial charge in [-0.25, -0.2) is 0 Å². The summed E-state index contributed by atoms with van der Waals surface area (Å²) in [6.07, 6.45) is 12.7. The van der Waals surface area contributed by atoms with E-state index in [2.05, 4.69) is 41.3 Å². The van der Waals surface area contributed by atoms with Crippen molar-refractivity contribution in [1.82, 2.24) is 15.0 Å². The van der Waals surface area contributed by atoms with Crippen LogP contribution in [0.5, 0.6) is 0 Å². The summed E-state index contributed by atoms with van der Waals surface area (Å²) >= 11 is 0. The van der Waals surface area contributed by atoms with Gasteiger partial charge < -0.3 is 15.2 Å². The second kappa shape index (κ2) is 12.9. The number of likely N-dealkylation sites (tertiary alicyclic amines) is 1. The van der Waals surface area contributed by atoms with Gasteiger partial charge in [-0.3, -0.25) is 4.79 Å². The molecule has 2 aromatic rings. The van der Waals surface area contributed by atoms with Crippen molar-refractivity contribution < 1.29 is 9.32 Å². The first-order chi connectivity index (χ1) is 16.0. The minimum absolute atomic E-state index is 0.0133. The van der Waals surface area contributed by atoms with Crippen LogP contribution in [0.3, 0.4) is 0 Å². The van der Waals surface area contributed by atoms with Crippen molar-refractivity contribution in [2.75, 3.05) is 13.1 Å². The van der Waals surface area contributed by atoms with Gasteiger partial charge in [-0.2, -0.15) is 4.98 Å². The average Bonchev–Trinajstić information content (AvgIpc) is 3.50. The molecule has 1 aliphatic rings. The Morgan fingerprint density at radius 3 is 2.42 bits per heavy atom. The lowest BCUT2D eigenvalue weighted by atomic mass is 10.0. The molecule has 1 aliphatic heterocycles. The van der Waals surface area contributed by atoms with Crippen LogP contribution in [-0.4, -0.2) is 40.1 Å². The number of hydrogen-bond donors (Lipinski definition) is 1. The molecule has 2 heterocycles. The number of hydrogen-bond acceptors (Lipinski definition) is 5. The molecule has 0 aliphatic carbocycles. The summed E-state index contributed by atoms with van der Waals surface area (Å²) in [5.41, 5.74) is 8.37. The molecule has 0 radical (unpaired) electrons. The lowest BCUT2D eigenvalue weighted by Crippen LogP contribution is -2.45. The summed E-state index contributed by atoms with van der Waals surface area (Å²) in [6.45, 7) is 7.50. The first kappa shape index (κ1) is 25.4. The molecule has 2 N–H and O–H groups in total. The molecule has 1 amide bonds. The number of carbonyl (C=O) groups excluding carboxylic acids is 1. The maximum absolute atomic E-state index is 12.5. The summed E-state index contributed by atoms with van der Waals surface area (Å²) in [5, 5.41) is 4.20. The zero-order valence-electron chi connectivity index (χ0n) is 20.8. The predicted octanol–water partition coefficient (Wildman–Crippen LogP) is 5.72. The van der Waals surface area contributed by atoms with Crippen LogP contribution in [0, 0.1) is 5.92 Å². The molecule has 182 valence electrons. The van der Waals surface area contributed by atoms with Crippen molar-refractivity contribution >= 4 is 5.91 Å². The van der Waals surface area contributed by atoms with Gasteiger partial charge in [0.05, 0.1) is 12.0 Å². The molecule has 1 fully saturated rings. The molecular weight excluding hydrogens is 412 g/mol. The molecular formula is C27H42N4O2. The van der Waals surface area contributed by atoms with E-state index in [0.717, 1.165) is 18.4 Å². The Kier molecular flexibility index (Phi) is 9.92. The van der Waals surface area contributed by atoms with E-state index in [9.17, 15) is 4.79 Å². The van der Waals surface area contributed by atoms with Gasteiger partial charge in [0.25, 0.3) is 0 Å². The van der Waals surface area contributed by atoms with E-state index in [1.54, 1.807) is 0 Å². The summed E-state index contributed by atoms with van der Waals surface area (Å²) in [7, 11) is 0. The number of carbonyl (C=O) groups is 1. The molecule has 33 heavy (non-hydrogen) atoms. The van der Waals surface area contributed by atoms with Crippen LogP contribution in [0.15, 0.2) is 28.8 Å². The van der Waals surface area contributed by atoms with Gasteiger partial charge in [-0.1, -0.05) is 95.1 Å². The predicted molar refractivity (Wildman–Crippen MR) is 133 cm³/mol. The molecule has 1 aromatic heterocycles. The standard InChI is InChI=1S/C27H42N4O2/c1-4-5-6-7-8-9-10-11-12-21-13-15-22(16-14-21)25-29-26(33-30-25)23-17-18-31(19-23)27(32)24(28)20(2)3/h13-16,20,23-24H,4-12,17-19,28H2,1-3H3. The summed E-state index contributed by atoms with van der Waals surface area (Å²) in [6, 6.07) is 8.07. The fourth-order valence-electron chi connectivity index (χ4n) is 4.46. The Morgan fingerprint density at radius 2 is 1.76 bits per heavy atom. The zero-order chi connectivity index (χ0) is 23.6. The molecule has 2 unspecified atom stereocenters. The Balaban J connectivity index is 1.44. The molecule has 1 aromatic carbocycles. The van der Waals surface area contributed by atoms with Crippen molar-refractivity contribution in [3.63, 3.8) is 0 Å². The van der Waals surface area contributed by atoms with Gasteiger partial charge >= 0.3 is 0 Å². The van der Waals surface area contributed by atoms with E-state index >= 15 is 0 Å². The van der Waals surface area contributed by atoms with Crippen LogP contribution < -0.4 is 5.73 Å². The summed E-state index contributed by atoms with van der Waals surface area (Å²) in [5.74, 6) is 1.45. The summed E-state index contributed by atoms with van der Waals surface area (Å²) in [4.78, 5) is 19.0. The van der Waals surface area contributed by atoms with E-state index in [1.807, 2.05) is 18.7 Å². The highest BCUT2D eigenvalue weighted by molar-refractivity contribution is 5.82. The van der Waals surface area contributed by atoms with Gasteiger partial charge in [0.15, 0.2) is 0 Å². The maximum Gasteiger partial charge on any atom is 0.239 e. The van der Waals surface area contributed by atoms with Gasteiger partial charge in [-0.15, -0.1) is 0 Å². The van der Waals surface area contributed by atoms with Crippen LogP contribution >= 0.6 is 0 Å². The Bertz CT molecular complexity index is 846. The minimum atomic E-state index is -0.452. The second-order valence-corrected chi connectivity index (χ2v) is 9.92. The lowest BCUT2D eigenvalue weighted by molar-refractivity contribution is -0.132. The number of aryl methyl sites for hydroxylation is 1. The first-order valence-corrected chi connectivity index (χ1v) is 13.0. The SMILES string of the molecule is CCCCCCCCCCc1ccc(-c2noc(C3CCN(C(=O)C(N)C(C)C)C3)n2)cc1. The van der Waals surface area contributed by atoms with E-state index in [1.165, 1.54) is 56.9 Å². The average molecular weight is 455 g/mol. The Hall–Kier alpha value is -2.21. The number of amides is 1. The summed E-state index contributed by atoms with van der Waals surface area (Å²) < 4.78 is 5.57. The number of rotatable bonds is 13. The van der Waals surface area contributed by atoms with E-state index in [4.69, 9.17) is 10.3 Å². The normalized spacial score (nSPS) is 17.1. The third kappa shape index (κ3) is 7.39. The van der Waals surface area contributed by atoms with Gasteiger partial charge in [0, 0.05) is 18.7 Å². The number of nitrogens with zero attached hydrogens (tertiary/aromatic N) is 3. The fraction of sp³-hybridized carbons (Fsp3) is 0.667. The van der Waals surface area contributed by atoms with Crippen molar-refractivity contribution in [3.05, 3.63) is 35.7 Å². The largest absolute Gasteiger partial charge is 0.341 e. The third-order valence-electron chi connectivity index (χ3n) is 6.83. The highest BCUT2D eigenvalue weighted by atomic mass is 16.5. The first-order valence-electron chi connectivity index (χ1n) is 13.0. The third-order valence-corrected chi connectivity index (χ3v) is 6.83. The van der Waals surface area contributed by atoms with Gasteiger partial charge in [0.2, 0.25) is 17.6 Å². The molecule has 2 atom stereocenters. The number of unbranched alkanes of at least 4 members (excludes halogenated alkanes) is 7. The van der Waals surface area contributed by atoms with Crippen LogP contribution in [0.2, 0.25) is 0 Å². The number of nitrogens with two attached hydrogens (primary N) is 1. The van der Waals surface area contributed by atoms with Crippen LogP contribution in [0.1, 0.15) is 95.9 Å². The van der Waals surface area contributed by atoms with E-state index in [0.29, 0.717) is 24.8 Å². The van der Waals surface area contributed by atoms with Crippen molar-refractivity contribution in [2.24, 2.45) is 11.7 Å². The number of aromatic nitrogens is 2. The van der Waals surface area contributed by atoms with Gasteiger partial charge in [0.1, 0.15) is 0 Å². The smallest absolute Gasteiger partial charge is 0.239 e. The van der Waals surface area contributed by atoms with Gasteiger partial charge in [-0.05, 0) is 30.7 Å². The van der Waals surface area contributed by atoms with Crippen LogP contribution in [0.4, 0.5) is 0 Å². The fourth-order valence-corrected chi connectivity index (χ4v) is 4.46. The quantitative estimate of drug-likeness (QED) is 0.391. The van der Waals surface area contributed by atoms with Crippen LogP contribution in [-0.2, 0) is 11.2 Å². The molecule has 3 rings (SSSR count). The van der Waals surface area contributed by atoms with Crippen molar-refractivity contribution in [3.8, 4) is 11.4 Å². The molecule has 0 bridgehead atoms. The molecule has 0 saturated carbocycles. The topological polar surface area (TPSA) is 85.2 Å². The Labute approximate surface area is 199 Å². The lowest BCUT2D eigenvalue weighted by Gasteiger charge is -2.22. The van der Waals surface area contributed by atoms with Crippen LogP contribution in [0.25, 0.3) is 11.4 Å². The number of benzene rings is 1. The molecule has 0 spiro atoms. The molecule has 6 nitrogen and oxygen atoms in total. The zero-order valence-corrected chi connectivity index (χ0v) is 20.8. The Morgan fingerprint density at radius 1 is 1.09 bits per heavy atom. The van der Waals surface area contributed by atoms with E-state index < -0.39 is 6.04 Å². The highest BCUT2D eigenvalue weighted by Gasteiger charge is 2.33. The molecule has 1 saturated heterocycles. The van der Waals surface area contributed by atoms with Crippen molar-refractivity contribution in [1.29, 1.82) is 0 Å².